The molecular formula is C11H11Cl2N3O. The van der Waals surface area contributed by atoms with Crippen LogP contribution in [0, 0.1) is 6.92 Å². The van der Waals surface area contributed by atoms with E-state index in [4.69, 9.17) is 27.6 Å². The SMILES string of the molecule is Cc1ccc(Cl)c(Nc2nnc(CCCl)o2)c1. The Morgan fingerprint density at radius 1 is 1.35 bits per heavy atom. The number of nitrogens with one attached hydrogen (secondary N) is 1. The van der Waals surface area contributed by atoms with E-state index in [2.05, 4.69) is 15.5 Å². The summed E-state index contributed by atoms with van der Waals surface area (Å²) in [6.45, 7) is 1.98. The van der Waals surface area contributed by atoms with E-state index in [9.17, 15) is 0 Å². The summed E-state index contributed by atoms with van der Waals surface area (Å²) in [5.74, 6) is 0.957. The van der Waals surface area contributed by atoms with Crippen molar-refractivity contribution < 1.29 is 4.42 Å². The van der Waals surface area contributed by atoms with Crippen molar-refractivity contribution >= 4 is 34.9 Å². The minimum Gasteiger partial charge on any atom is -0.408 e. The molecule has 0 aliphatic heterocycles. The van der Waals surface area contributed by atoms with Crippen molar-refractivity contribution in [2.45, 2.75) is 13.3 Å². The number of benzene rings is 1. The highest BCUT2D eigenvalue weighted by atomic mass is 35.5. The van der Waals surface area contributed by atoms with Gasteiger partial charge in [-0.3, -0.25) is 0 Å². The summed E-state index contributed by atoms with van der Waals surface area (Å²) in [7, 11) is 0. The van der Waals surface area contributed by atoms with Crippen LogP contribution in [0.25, 0.3) is 0 Å². The summed E-state index contributed by atoms with van der Waals surface area (Å²) in [5, 5.41) is 11.3. The normalized spacial score (nSPS) is 10.5. The predicted octanol–water partition coefficient (Wildman–Crippen LogP) is 3.56. The number of nitrogens with zero attached hydrogens (tertiary/aromatic N) is 2. The Morgan fingerprint density at radius 3 is 2.94 bits per heavy atom. The molecule has 4 nitrogen and oxygen atoms in total. The van der Waals surface area contributed by atoms with Crippen LogP contribution in [0.2, 0.25) is 5.02 Å². The molecule has 0 saturated heterocycles. The zero-order chi connectivity index (χ0) is 12.3. The van der Waals surface area contributed by atoms with Crippen LogP contribution in [0.3, 0.4) is 0 Å². The van der Waals surface area contributed by atoms with Gasteiger partial charge in [-0.25, -0.2) is 0 Å². The van der Waals surface area contributed by atoms with Crippen LogP contribution in [0.15, 0.2) is 22.6 Å². The summed E-state index contributed by atoms with van der Waals surface area (Å²) in [4.78, 5) is 0. The molecule has 0 atom stereocenters. The third kappa shape index (κ3) is 3.11. The highest BCUT2D eigenvalue weighted by Crippen LogP contribution is 2.25. The first-order valence-electron chi connectivity index (χ1n) is 5.10. The first-order valence-corrected chi connectivity index (χ1v) is 6.02. The number of aromatic nitrogens is 2. The molecule has 0 aliphatic carbocycles. The number of hydrogen-bond acceptors (Lipinski definition) is 4. The number of rotatable bonds is 4. The van der Waals surface area contributed by atoms with Crippen LogP contribution in [-0.2, 0) is 6.42 Å². The molecule has 2 rings (SSSR count). The average Bonchev–Trinajstić information content (AvgIpc) is 2.72. The zero-order valence-corrected chi connectivity index (χ0v) is 10.7. The maximum atomic E-state index is 6.04. The topological polar surface area (TPSA) is 51.0 Å². The molecule has 1 heterocycles. The summed E-state index contributed by atoms with van der Waals surface area (Å²) < 4.78 is 5.35. The van der Waals surface area contributed by atoms with Gasteiger partial charge in [-0.15, -0.1) is 16.7 Å². The van der Waals surface area contributed by atoms with Crippen molar-refractivity contribution in [1.29, 1.82) is 0 Å². The summed E-state index contributed by atoms with van der Waals surface area (Å²) in [5.41, 5.74) is 1.84. The summed E-state index contributed by atoms with van der Waals surface area (Å²) in [6.07, 6.45) is 0.553. The largest absolute Gasteiger partial charge is 0.408 e. The smallest absolute Gasteiger partial charge is 0.320 e. The number of hydrogen-bond donors (Lipinski definition) is 1. The molecule has 1 aromatic carbocycles. The van der Waals surface area contributed by atoms with Crippen LogP contribution in [-0.4, -0.2) is 16.1 Å². The molecule has 0 bridgehead atoms. The van der Waals surface area contributed by atoms with E-state index in [1.807, 2.05) is 25.1 Å². The summed E-state index contributed by atoms with van der Waals surface area (Å²) >= 11 is 11.6. The van der Waals surface area contributed by atoms with Gasteiger partial charge in [-0.05, 0) is 24.6 Å². The second-order valence-corrected chi connectivity index (χ2v) is 4.33. The Morgan fingerprint density at radius 2 is 2.18 bits per heavy atom. The Bertz CT molecular complexity index is 513. The van der Waals surface area contributed by atoms with Crippen molar-refractivity contribution in [1.82, 2.24) is 10.2 Å². The Labute approximate surface area is 109 Å². The lowest BCUT2D eigenvalue weighted by Crippen LogP contribution is -1.92. The van der Waals surface area contributed by atoms with E-state index >= 15 is 0 Å². The molecule has 1 aromatic heterocycles. The van der Waals surface area contributed by atoms with Gasteiger partial charge in [0.25, 0.3) is 0 Å². The number of anilines is 2. The quantitative estimate of drug-likeness (QED) is 0.864. The van der Waals surface area contributed by atoms with Gasteiger partial charge < -0.3 is 9.73 Å². The molecule has 1 N–H and O–H groups in total. The fraction of sp³-hybridized carbons (Fsp3) is 0.273. The van der Waals surface area contributed by atoms with Crippen LogP contribution in [0.5, 0.6) is 0 Å². The van der Waals surface area contributed by atoms with Crippen molar-refractivity contribution in [3.63, 3.8) is 0 Å². The Kier molecular flexibility index (Phi) is 3.86. The molecule has 0 aliphatic rings. The van der Waals surface area contributed by atoms with E-state index in [1.165, 1.54) is 0 Å². The molecule has 0 amide bonds. The van der Waals surface area contributed by atoms with E-state index < -0.39 is 0 Å². The van der Waals surface area contributed by atoms with E-state index in [1.54, 1.807) is 0 Å². The van der Waals surface area contributed by atoms with Gasteiger partial charge in [0.05, 0.1) is 10.7 Å². The number of alkyl halides is 1. The van der Waals surface area contributed by atoms with Gasteiger partial charge in [-0.2, -0.15) is 0 Å². The average molecular weight is 272 g/mol. The van der Waals surface area contributed by atoms with E-state index in [-0.39, 0.29) is 0 Å². The molecule has 0 radical (unpaired) electrons. The van der Waals surface area contributed by atoms with Crippen LogP contribution >= 0.6 is 23.2 Å². The zero-order valence-electron chi connectivity index (χ0n) is 9.20. The minimum atomic E-state index is 0.317. The lowest BCUT2D eigenvalue weighted by Gasteiger charge is -2.04. The van der Waals surface area contributed by atoms with Gasteiger partial charge in [0.2, 0.25) is 5.89 Å². The second kappa shape index (κ2) is 5.38. The monoisotopic (exact) mass is 271 g/mol. The summed E-state index contributed by atoms with van der Waals surface area (Å²) in [6, 6.07) is 5.97. The van der Waals surface area contributed by atoms with Crippen molar-refractivity contribution in [3.8, 4) is 0 Å². The first-order chi connectivity index (χ1) is 8.19. The molecule has 0 unspecified atom stereocenters. The third-order valence-corrected chi connectivity index (χ3v) is 2.66. The van der Waals surface area contributed by atoms with Gasteiger partial charge >= 0.3 is 6.01 Å². The highest BCUT2D eigenvalue weighted by molar-refractivity contribution is 6.33. The van der Waals surface area contributed by atoms with Crippen molar-refractivity contribution in [2.75, 3.05) is 11.2 Å². The minimum absolute atomic E-state index is 0.317. The van der Waals surface area contributed by atoms with Gasteiger partial charge in [-0.1, -0.05) is 22.8 Å². The molecular weight excluding hydrogens is 261 g/mol. The highest BCUT2D eigenvalue weighted by Gasteiger charge is 2.07. The molecule has 0 spiro atoms. The maximum absolute atomic E-state index is 6.04. The lowest BCUT2D eigenvalue weighted by molar-refractivity contribution is 0.516. The van der Waals surface area contributed by atoms with Crippen molar-refractivity contribution in [3.05, 3.63) is 34.7 Å². The number of halogens is 2. The fourth-order valence-electron chi connectivity index (χ4n) is 1.34. The molecule has 6 heteroatoms. The van der Waals surface area contributed by atoms with Crippen molar-refractivity contribution in [2.24, 2.45) is 0 Å². The first kappa shape index (κ1) is 12.2. The van der Waals surface area contributed by atoms with Crippen LogP contribution in [0.1, 0.15) is 11.5 Å². The molecule has 0 fully saturated rings. The van der Waals surface area contributed by atoms with E-state index in [0.717, 1.165) is 11.3 Å². The molecule has 0 saturated carbocycles. The van der Waals surface area contributed by atoms with Gasteiger partial charge in [0, 0.05) is 12.3 Å². The lowest BCUT2D eigenvalue weighted by atomic mass is 10.2. The third-order valence-electron chi connectivity index (χ3n) is 2.14. The van der Waals surface area contributed by atoms with Gasteiger partial charge in [0.1, 0.15) is 0 Å². The van der Waals surface area contributed by atoms with Crippen LogP contribution < -0.4 is 5.32 Å². The Balaban J connectivity index is 2.16. The number of aryl methyl sites for hydroxylation is 2. The van der Waals surface area contributed by atoms with Crippen LogP contribution in [0.4, 0.5) is 11.7 Å². The molecule has 90 valence electrons. The second-order valence-electron chi connectivity index (χ2n) is 3.55. The molecule has 17 heavy (non-hydrogen) atoms. The van der Waals surface area contributed by atoms with Gasteiger partial charge in [0.15, 0.2) is 0 Å². The standard InChI is InChI=1S/C11H11Cl2N3O/c1-7-2-3-8(13)9(6-7)14-11-16-15-10(17-11)4-5-12/h2-3,6H,4-5H2,1H3,(H,14,16). The maximum Gasteiger partial charge on any atom is 0.320 e. The van der Waals surface area contributed by atoms with E-state index in [0.29, 0.717) is 29.2 Å². The predicted molar refractivity (Wildman–Crippen MR) is 68.2 cm³/mol. The Hall–Kier alpha value is -1.26. The fourth-order valence-corrected chi connectivity index (χ4v) is 1.66. The molecule has 2 aromatic rings.